The molecule has 1 aliphatic carbocycles. The van der Waals surface area contributed by atoms with Crippen LogP contribution in [-0.2, 0) is 16.9 Å². The number of alkyl halides is 6. The number of aryl methyl sites for hydroxylation is 2. The molecule has 6 nitrogen and oxygen atoms in total. The molecular formula is C33H31F6O6P. The summed E-state index contributed by atoms with van der Waals surface area (Å²) in [5.74, 6) is -1.56. The molecule has 0 heterocycles. The van der Waals surface area contributed by atoms with Crippen LogP contribution in [0.5, 0.6) is 11.5 Å². The van der Waals surface area contributed by atoms with E-state index in [2.05, 4.69) is 0 Å². The molecule has 13 heteroatoms. The summed E-state index contributed by atoms with van der Waals surface area (Å²) in [6.45, 7) is 3.10. The van der Waals surface area contributed by atoms with Crippen molar-refractivity contribution in [2.45, 2.75) is 63.5 Å². The van der Waals surface area contributed by atoms with Gasteiger partial charge in [0.1, 0.15) is 22.2 Å². The quantitative estimate of drug-likeness (QED) is 0.128. The number of carbonyl (C=O) groups excluding carboxylic acids is 3. The molecule has 1 fully saturated rings. The summed E-state index contributed by atoms with van der Waals surface area (Å²) in [6, 6.07) is 9.54. The molecule has 1 saturated carbocycles. The molecule has 3 aromatic rings. The average molecular weight is 669 g/mol. The van der Waals surface area contributed by atoms with Crippen LogP contribution in [0.3, 0.4) is 0 Å². The molecule has 0 amide bonds. The highest BCUT2D eigenvalue weighted by Crippen LogP contribution is 2.70. The Kier molecular flexibility index (Phi) is 9.65. The Morgan fingerprint density at radius 1 is 0.652 bits per heavy atom. The molecule has 246 valence electrons. The summed E-state index contributed by atoms with van der Waals surface area (Å²) in [7, 11) is -3.63. The molecule has 0 N–H and O–H groups in total. The number of halogens is 6. The van der Waals surface area contributed by atoms with E-state index in [4.69, 9.17) is 9.47 Å². The van der Waals surface area contributed by atoms with Crippen LogP contribution in [-0.4, -0.2) is 36.2 Å². The smallest absolute Gasteiger partial charge is 0.417 e. The van der Waals surface area contributed by atoms with E-state index < -0.39 is 76.6 Å². The van der Waals surface area contributed by atoms with Crippen LogP contribution >= 0.6 is 7.14 Å². The average Bonchev–Trinajstić information content (AvgIpc) is 3.02. The highest BCUT2D eigenvalue weighted by molar-refractivity contribution is 7.97. The van der Waals surface area contributed by atoms with E-state index in [9.17, 15) is 40.7 Å². The van der Waals surface area contributed by atoms with E-state index in [0.29, 0.717) is 23.6 Å². The van der Waals surface area contributed by atoms with Gasteiger partial charge in [-0.15, -0.1) is 0 Å². The topological polar surface area (TPSA) is 86.7 Å². The van der Waals surface area contributed by atoms with Gasteiger partial charge in [0.05, 0.1) is 30.9 Å². The van der Waals surface area contributed by atoms with Crippen LogP contribution < -0.4 is 9.47 Å². The molecular weight excluding hydrogens is 637 g/mol. The molecule has 0 aromatic heterocycles. The van der Waals surface area contributed by atoms with E-state index in [0.717, 1.165) is 14.2 Å². The van der Waals surface area contributed by atoms with Gasteiger partial charge in [0.2, 0.25) is 18.2 Å². The first-order valence-electron chi connectivity index (χ1n) is 14.3. The van der Waals surface area contributed by atoms with E-state index in [1.54, 1.807) is 32.0 Å². The molecule has 0 bridgehead atoms. The van der Waals surface area contributed by atoms with Crippen LogP contribution in [0.2, 0.25) is 0 Å². The second-order valence-electron chi connectivity index (χ2n) is 11.2. The molecule has 0 saturated heterocycles. The summed E-state index contributed by atoms with van der Waals surface area (Å²) in [5, 5.41) is -2.48. The number of benzene rings is 3. The van der Waals surface area contributed by atoms with Gasteiger partial charge in [0.25, 0.3) is 0 Å². The summed E-state index contributed by atoms with van der Waals surface area (Å²) in [5.41, 5.74) is -9.79. The maximum absolute atomic E-state index is 15.9. The Bertz CT molecular complexity index is 1660. The molecule has 46 heavy (non-hydrogen) atoms. The zero-order chi connectivity index (χ0) is 34.2. The minimum absolute atomic E-state index is 0.0163. The first-order chi connectivity index (χ1) is 21.5. The number of ether oxygens (including phenoxy) is 2. The van der Waals surface area contributed by atoms with Crippen molar-refractivity contribution in [3.63, 3.8) is 0 Å². The predicted molar refractivity (Wildman–Crippen MR) is 158 cm³/mol. The number of rotatable bonds is 9. The van der Waals surface area contributed by atoms with Crippen molar-refractivity contribution in [3.05, 3.63) is 93.5 Å². The third kappa shape index (κ3) is 5.76. The third-order valence-corrected chi connectivity index (χ3v) is 12.0. The molecule has 0 radical (unpaired) electrons. The van der Waals surface area contributed by atoms with Crippen molar-refractivity contribution >= 4 is 24.0 Å². The van der Waals surface area contributed by atoms with Crippen molar-refractivity contribution in [1.82, 2.24) is 0 Å². The van der Waals surface area contributed by atoms with Crippen LogP contribution in [0.4, 0.5) is 26.3 Å². The highest BCUT2D eigenvalue weighted by atomic mass is 31.2. The number of carbonyl (C=O) groups is 3. The van der Waals surface area contributed by atoms with Gasteiger partial charge in [-0.2, -0.15) is 26.3 Å². The fourth-order valence-corrected chi connectivity index (χ4v) is 9.74. The number of ketones is 1. The maximum atomic E-state index is 15.9. The van der Waals surface area contributed by atoms with E-state index >= 15 is 4.57 Å². The summed E-state index contributed by atoms with van der Waals surface area (Å²) in [6.07, 6.45) is -11.2. The molecule has 4 rings (SSSR count). The van der Waals surface area contributed by atoms with Crippen molar-refractivity contribution in [1.29, 1.82) is 0 Å². The van der Waals surface area contributed by atoms with Crippen molar-refractivity contribution in [2.24, 2.45) is 0 Å². The second-order valence-corrected chi connectivity index (χ2v) is 14.1. The zero-order valence-corrected chi connectivity index (χ0v) is 26.3. The number of hydrogen-bond donors (Lipinski definition) is 0. The lowest BCUT2D eigenvalue weighted by atomic mass is 9.80. The summed E-state index contributed by atoms with van der Waals surface area (Å²) < 4.78 is 113. The van der Waals surface area contributed by atoms with Gasteiger partial charge in [-0.25, -0.2) is 0 Å². The van der Waals surface area contributed by atoms with Gasteiger partial charge in [-0.1, -0.05) is 49.6 Å². The van der Waals surface area contributed by atoms with Gasteiger partial charge in [-0.3, -0.25) is 14.4 Å². The molecule has 1 unspecified atom stereocenters. The van der Waals surface area contributed by atoms with Crippen molar-refractivity contribution < 1.29 is 54.8 Å². The predicted octanol–water partition coefficient (Wildman–Crippen LogP) is 9.29. The SMILES string of the molecule is COc1cccc(OC)c1C(=O)P(=O)(C(=O)c1c(C(F)(F)F)cccc1C(F)(F)F)C1(C(=O)c2c(C)cccc2C)CCCCC1. The molecule has 3 aromatic carbocycles. The van der Waals surface area contributed by atoms with E-state index in [-0.39, 0.29) is 42.0 Å². The van der Waals surface area contributed by atoms with Crippen LogP contribution in [0.1, 0.15) is 85.4 Å². The van der Waals surface area contributed by atoms with Crippen LogP contribution in [0.25, 0.3) is 0 Å². The third-order valence-electron chi connectivity index (χ3n) is 8.52. The molecule has 1 aliphatic rings. The largest absolute Gasteiger partial charge is 0.496 e. The van der Waals surface area contributed by atoms with E-state index in [1.807, 2.05) is 0 Å². The normalized spacial score (nSPS) is 16.3. The van der Waals surface area contributed by atoms with E-state index in [1.165, 1.54) is 18.2 Å². The van der Waals surface area contributed by atoms with Gasteiger partial charge < -0.3 is 14.0 Å². The number of hydrogen-bond acceptors (Lipinski definition) is 6. The van der Waals surface area contributed by atoms with Gasteiger partial charge in [0.15, 0.2) is 5.78 Å². The maximum Gasteiger partial charge on any atom is 0.417 e. The lowest BCUT2D eigenvalue weighted by molar-refractivity contribution is -0.143. The Labute approximate surface area is 261 Å². The van der Waals surface area contributed by atoms with Crippen LogP contribution in [0, 0.1) is 13.8 Å². The standard InChI is InChI=1S/C33H31F6O6P/c1-19-11-8-12-20(2)25(19)28(40)31(17-6-5-7-18-31)46(43,30(42)27-23(44-3)15-10-16-24(27)45-4)29(41)26-21(32(34,35)36)13-9-14-22(26)33(37,38)39/h8-16H,5-7,17-18H2,1-4H3. The Hall–Kier alpha value is -3.92. The first-order valence-corrected chi connectivity index (χ1v) is 16.0. The zero-order valence-electron chi connectivity index (χ0n) is 25.4. The molecule has 1 atom stereocenters. The van der Waals surface area contributed by atoms with Crippen molar-refractivity contribution in [3.8, 4) is 11.5 Å². The van der Waals surface area contributed by atoms with Gasteiger partial charge >= 0.3 is 12.4 Å². The Morgan fingerprint density at radius 3 is 1.50 bits per heavy atom. The Morgan fingerprint density at radius 2 is 1.07 bits per heavy atom. The van der Waals surface area contributed by atoms with Gasteiger partial charge in [0, 0.05) is 5.56 Å². The first kappa shape index (κ1) is 34.9. The lowest BCUT2D eigenvalue weighted by Gasteiger charge is -2.41. The summed E-state index contributed by atoms with van der Waals surface area (Å²) in [4.78, 5) is 44.3. The lowest BCUT2D eigenvalue weighted by Crippen LogP contribution is -2.45. The monoisotopic (exact) mass is 668 g/mol. The highest BCUT2D eigenvalue weighted by Gasteiger charge is 2.64. The van der Waals surface area contributed by atoms with Gasteiger partial charge in [-0.05, 0) is 62.1 Å². The summed E-state index contributed by atoms with van der Waals surface area (Å²) >= 11 is 0. The minimum Gasteiger partial charge on any atom is -0.496 e. The fraction of sp³-hybridized carbons (Fsp3) is 0.364. The van der Waals surface area contributed by atoms with Crippen molar-refractivity contribution in [2.75, 3.05) is 14.2 Å². The number of methoxy groups -OCH3 is 2. The minimum atomic E-state index is -5.87. The molecule has 0 spiro atoms. The van der Waals surface area contributed by atoms with Crippen LogP contribution in [0.15, 0.2) is 54.6 Å². The molecule has 0 aliphatic heterocycles. The Balaban J connectivity index is 2.22. The fourth-order valence-electron chi connectivity index (χ4n) is 6.34. The second kappa shape index (κ2) is 12.7. The number of Topliss-reactive ketones (excluding diaryl/α,β-unsaturated/α-hetero) is 1.